The fourth-order valence-electron chi connectivity index (χ4n) is 1.34. The van der Waals surface area contributed by atoms with Gasteiger partial charge in [-0.25, -0.2) is 0 Å². The van der Waals surface area contributed by atoms with Gasteiger partial charge in [-0.05, 0) is 41.5 Å². The summed E-state index contributed by atoms with van der Waals surface area (Å²) in [4.78, 5) is 4.09. The van der Waals surface area contributed by atoms with Crippen LogP contribution in [0.25, 0.3) is 0 Å². The molecule has 0 N–H and O–H groups in total. The van der Waals surface area contributed by atoms with E-state index >= 15 is 0 Å². The first kappa shape index (κ1) is 11.9. The van der Waals surface area contributed by atoms with Crippen LogP contribution in [0.5, 0.6) is 0 Å². The Balaban J connectivity index is 1.69. The lowest BCUT2D eigenvalue weighted by atomic mass is 10.1. The first-order valence-corrected chi connectivity index (χ1v) is 7.14. The topological polar surface area (TPSA) is 25.8 Å². The Morgan fingerprint density at radius 2 is 2.06 bits per heavy atom. The fraction of sp³-hybridized carbons (Fsp3) is 0.273. The monoisotopic (exact) mass is 270 g/mol. The molecule has 84 valence electrons. The number of aromatic nitrogens is 2. The molecule has 0 atom stereocenters. The van der Waals surface area contributed by atoms with Gasteiger partial charge in [0.1, 0.15) is 0 Å². The molecular weight excluding hydrogens is 260 g/mol. The smallest absolute Gasteiger partial charge is 0.198 e. The van der Waals surface area contributed by atoms with E-state index in [9.17, 15) is 0 Å². The van der Waals surface area contributed by atoms with Gasteiger partial charge in [0.05, 0.1) is 0 Å². The van der Waals surface area contributed by atoms with Crippen molar-refractivity contribution in [2.75, 3.05) is 5.75 Å². The lowest BCUT2D eigenvalue weighted by molar-refractivity contribution is 0.928. The van der Waals surface area contributed by atoms with Crippen LogP contribution in [0.15, 0.2) is 35.5 Å². The molecule has 1 aromatic heterocycles. The van der Waals surface area contributed by atoms with Crippen molar-refractivity contribution in [1.82, 2.24) is 9.36 Å². The lowest BCUT2D eigenvalue weighted by Gasteiger charge is -1.99. The molecule has 1 heterocycles. The minimum absolute atomic E-state index is 0.519. The molecule has 0 saturated heterocycles. The minimum Gasteiger partial charge on any atom is -0.198 e. The van der Waals surface area contributed by atoms with Gasteiger partial charge in [0.2, 0.25) is 9.62 Å². The van der Waals surface area contributed by atoms with Gasteiger partial charge in [-0.2, -0.15) is 9.36 Å². The molecule has 0 aliphatic carbocycles. The predicted molar refractivity (Wildman–Crippen MR) is 70.4 cm³/mol. The van der Waals surface area contributed by atoms with Crippen LogP contribution >= 0.6 is 34.9 Å². The highest BCUT2D eigenvalue weighted by molar-refractivity contribution is 7.99. The highest BCUT2D eigenvalue weighted by atomic mass is 35.5. The highest BCUT2D eigenvalue weighted by Gasteiger charge is 2.01. The second kappa shape index (κ2) is 6.23. The van der Waals surface area contributed by atoms with Crippen molar-refractivity contribution in [2.45, 2.75) is 18.0 Å². The van der Waals surface area contributed by atoms with Crippen molar-refractivity contribution in [3.05, 3.63) is 40.4 Å². The van der Waals surface area contributed by atoms with Gasteiger partial charge in [-0.3, -0.25) is 0 Å². The van der Waals surface area contributed by atoms with Crippen LogP contribution in [-0.2, 0) is 6.42 Å². The largest absolute Gasteiger partial charge is 0.204 e. The van der Waals surface area contributed by atoms with E-state index in [1.165, 1.54) is 17.1 Å². The van der Waals surface area contributed by atoms with E-state index in [0.717, 1.165) is 23.8 Å². The zero-order chi connectivity index (χ0) is 11.2. The molecule has 0 aliphatic rings. The first-order chi connectivity index (χ1) is 7.84. The summed E-state index contributed by atoms with van der Waals surface area (Å²) in [6.45, 7) is 0. The summed E-state index contributed by atoms with van der Waals surface area (Å²) in [5.74, 6) is 1.03. The second-order valence-electron chi connectivity index (χ2n) is 3.27. The molecule has 2 aromatic rings. The highest BCUT2D eigenvalue weighted by Crippen LogP contribution is 2.20. The van der Waals surface area contributed by atoms with Crippen LogP contribution in [0.2, 0.25) is 4.47 Å². The van der Waals surface area contributed by atoms with Crippen molar-refractivity contribution in [3.8, 4) is 0 Å². The molecule has 0 bridgehead atoms. The molecule has 0 saturated carbocycles. The molecule has 16 heavy (non-hydrogen) atoms. The summed E-state index contributed by atoms with van der Waals surface area (Å²) in [7, 11) is 0. The maximum Gasteiger partial charge on any atom is 0.204 e. The van der Waals surface area contributed by atoms with E-state index in [4.69, 9.17) is 11.6 Å². The summed E-state index contributed by atoms with van der Waals surface area (Å²) in [6.07, 6.45) is 2.23. The molecule has 0 spiro atoms. The van der Waals surface area contributed by atoms with Gasteiger partial charge in [0, 0.05) is 5.75 Å². The molecule has 0 fully saturated rings. The van der Waals surface area contributed by atoms with Gasteiger partial charge in [0.25, 0.3) is 0 Å². The number of aryl methyl sites for hydroxylation is 1. The summed E-state index contributed by atoms with van der Waals surface area (Å²) in [5, 5.41) is 0.795. The first-order valence-electron chi connectivity index (χ1n) is 5.00. The average molecular weight is 271 g/mol. The standard InChI is InChI=1S/C11H11ClN2S2/c12-10-13-11(14-16-10)15-8-4-7-9-5-2-1-3-6-9/h1-3,5-6H,4,7-8H2. The van der Waals surface area contributed by atoms with Gasteiger partial charge in [-0.15, -0.1) is 0 Å². The Morgan fingerprint density at radius 3 is 2.75 bits per heavy atom. The lowest BCUT2D eigenvalue weighted by Crippen LogP contribution is -1.87. The fourth-order valence-corrected chi connectivity index (χ4v) is 2.90. The van der Waals surface area contributed by atoms with Crippen LogP contribution in [0.3, 0.4) is 0 Å². The number of halogens is 1. The van der Waals surface area contributed by atoms with Crippen LogP contribution in [-0.4, -0.2) is 15.1 Å². The number of thioether (sulfide) groups is 1. The Hall–Kier alpha value is -0.580. The number of nitrogens with zero attached hydrogens (tertiary/aromatic N) is 2. The van der Waals surface area contributed by atoms with E-state index in [1.807, 2.05) is 6.07 Å². The maximum absolute atomic E-state index is 5.70. The third kappa shape index (κ3) is 3.77. The van der Waals surface area contributed by atoms with Crippen LogP contribution in [0.4, 0.5) is 0 Å². The number of hydrogen-bond acceptors (Lipinski definition) is 4. The molecule has 0 aliphatic heterocycles. The number of benzene rings is 1. The van der Waals surface area contributed by atoms with Gasteiger partial charge < -0.3 is 0 Å². The quantitative estimate of drug-likeness (QED) is 0.608. The zero-order valence-corrected chi connectivity index (χ0v) is 11.0. The molecule has 2 nitrogen and oxygen atoms in total. The van der Waals surface area contributed by atoms with E-state index in [-0.39, 0.29) is 0 Å². The molecule has 0 amide bonds. The average Bonchev–Trinajstić information content (AvgIpc) is 2.72. The van der Waals surface area contributed by atoms with Crippen LogP contribution in [0, 0.1) is 0 Å². The van der Waals surface area contributed by atoms with Gasteiger partial charge in [0.15, 0.2) is 0 Å². The zero-order valence-electron chi connectivity index (χ0n) is 8.60. The molecule has 2 rings (SSSR count). The van der Waals surface area contributed by atoms with Crippen LogP contribution < -0.4 is 0 Å². The summed E-state index contributed by atoms with van der Waals surface area (Å²) < 4.78 is 4.64. The Labute approximate surface area is 108 Å². The Morgan fingerprint density at radius 1 is 1.25 bits per heavy atom. The SMILES string of the molecule is Clc1nc(SCCCc2ccccc2)ns1. The Bertz CT molecular complexity index is 431. The third-order valence-corrected chi connectivity index (χ3v) is 3.91. The number of rotatable bonds is 5. The van der Waals surface area contributed by atoms with Gasteiger partial charge in [-0.1, -0.05) is 42.1 Å². The summed E-state index contributed by atoms with van der Waals surface area (Å²) >= 11 is 8.61. The Kier molecular flexibility index (Phi) is 4.63. The van der Waals surface area contributed by atoms with E-state index < -0.39 is 0 Å². The summed E-state index contributed by atoms with van der Waals surface area (Å²) in [5.41, 5.74) is 1.38. The molecule has 5 heteroatoms. The normalized spacial score (nSPS) is 10.6. The molecule has 0 radical (unpaired) electrons. The third-order valence-electron chi connectivity index (χ3n) is 2.07. The van der Waals surface area contributed by atoms with Crippen LogP contribution in [0.1, 0.15) is 12.0 Å². The molecule has 1 aromatic carbocycles. The summed E-state index contributed by atoms with van der Waals surface area (Å²) in [6, 6.07) is 10.5. The van der Waals surface area contributed by atoms with Crippen molar-refractivity contribution >= 4 is 34.9 Å². The van der Waals surface area contributed by atoms with E-state index in [2.05, 4.69) is 33.6 Å². The number of hydrogen-bond donors (Lipinski definition) is 0. The van der Waals surface area contributed by atoms with Gasteiger partial charge >= 0.3 is 0 Å². The minimum atomic E-state index is 0.519. The van der Waals surface area contributed by atoms with Crippen molar-refractivity contribution < 1.29 is 0 Å². The molecular formula is C11H11ClN2S2. The van der Waals surface area contributed by atoms with Crippen molar-refractivity contribution in [3.63, 3.8) is 0 Å². The van der Waals surface area contributed by atoms with Crippen molar-refractivity contribution in [1.29, 1.82) is 0 Å². The molecule has 0 unspecified atom stereocenters. The maximum atomic E-state index is 5.70. The predicted octanol–water partition coefficient (Wildman–Crippen LogP) is 3.92. The van der Waals surface area contributed by atoms with E-state index in [1.54, 1.807) is 11.8 Å². The van der Waals surface area contributed by atoms with Crippen molar-refractivity contribution in [2.24, 2.45) is 0 Å². The second-order valence-corrected chi connectivity index (χ2v) is 5.66. The van der Waals surface area contributed by atoms with E-state index in [0.29, 0.717) is 4.47 Å².